The Morgan fingerprint density at radius 3 is 2.08 bits per heavy atom. The number of para-hydroxylation sites is 1. The molecule has 2 unspecified atom stereocenters. The second kappa shape index (κ2) is 14.0. The van der Waals surface area contributed by atoms with Crippen molar-refractivity contribution in [3.05, 3.63) is 138 Å². The number of amides is 2. The quantitative estimate of drug-likeness (QED) is 0.0734. The number of fused-ring (bicyclic) bond motifs is 3. The Morgan fingerprint density at radius 1 is 0.726 bits per heavy atom. The van der Waals surface area contributed by atoms with Crippen molar-refractivity contribution < 1.29 is 38.9 Å². The predicted molar refractivity (Wildman–Crippen MR) is 227 cm³/mol. The monoisotopic (exact) mass is 828 g/mol. The molecule has 1 fully saturated rings. The van der Waals surface area contributed by atoms with Crippen LogP contribution in [-0.2, 0) is 14.4 Å². The van der Waals surface area contributed by atoms with Crippen LogP contribution in [0.2, 0.25) is 0 Å². The number of anilines is 2. The van der Waals surface area contributed by atoms with E-state index >= 15 is 0 Å². The van der Waals surface area contributed by atoms with Crippen molar-refractivity contribution in [3.8, 4) is 11.3 Å². The third kappa shape index (κ3) is 5.59. The first-order chi connectivity index (χ1) is 30.2. The molecular formula is C46H36N8O8. The van der Waals surface area contributed by atoms with E-state index in [9.17, 15) is 34.5 Å². The van der Waals surface area contributed by atoms with Gasteiger partial charge in [0.25, 0.3) is 11.8 Å². The van der Waals surface area contributed by atoms with Gasteiger partial charge in [0.05, 0.1) is 45.8 Å². The van der Waals surface area contributed by atoms with Gasteiger partial charge in [0.15, 0.2) is 17.3 Å². The number of carbonyl (C=O) groups excluding carboxylic acids is 3. The Morgan fingerprint density at radius 2 is 1.40 bits per heavy atom. The molecule has 7 N–H and O–H groups in total. The maximum Gasteiger partial charge on any atom is 0.371 e. The van der Waals surface area contributed by atoms with Crippen LogP contribution in [0.3, 0.4) is 0 Å². The number of aliphatic hydroxyl groups is 2. The maximum absolute atomic E-state index is 14.3. The van der Waals surface area contributed by atoms with Gasteiger partial charge in [0, 0.05) is 57.0 Å². The zero-order valence-electron chi connectivity index (χ0n) is 32.7. The number of benzene rings is 3. The summed E-state index contributed by atoms with van der Waals surface area (Å²) in [6, 6.07) is 20.4. The van der Waals surface area contributed by atoms with Gasteiger partial charge in [-0.3, -0.25) is 24.2 Å². The van der Waals surface area contributed by atoms with E-state index in [1.165, 1.54) is 28.3 Å². The number of aromatic carboxylic acids is 1. The lowest BCUT2D eigenvalue weighted by atomic mass is 9.82. The maximum atomic E-state index is 14.3. The number of hydrogen-bond acceptors (Lipinski definition) is 9. The standard InChI is InChI=1S/C46H36N8O8/c55-41(22-5-2-1-3-6-22)37-39(53(45(59)43(37)57)23-9-11-29-32(17-23)50-20-48-29)31-14-13-28(52-31)26-8-4-7-25-27(19-47-38(25)26)36-40(34-15-16-35(62-34)46(60)61)54(44(58)42(36)56)24-10-12-30-33(18-24)51-21-49-30/h4,7-22,39-40,47,52,56-57H,1-3,5-6H2,(H,48,50)(H,49,51)(H,60,61). The number of ketones is 1. The molecule has 16 heteroatoms. The van der Waals surface area contributed by atoms with Gasteiger partial charge < -0.3 is 39.7 Å². The Kier molecular flexibility index (Phi) is 8.32. The normalized spacial score (nSPS) is 18.8. The highest BCUT2D eigenvalue weighted by Crippen LogP contribution is 2.49. The molecule has 2 aliphatic heterocycles. The molecule has 0 radical (unpaired) electrons. The molecule has 8 aromatic rings. The fourth-order valence-corrected chi connectivity index (χ4v) is 9.51. The molecule has 1 aliphatic carbocycles. The van der Waals surface area contributed by atoms with E-state index in [4.69, 9.17) is 4.42 Å². The molecule has 0 bridgehead atoms. The van der Waals surface area contributed by atoms with Crippen LogP contribution < -0.4 is 9.80 Å². The first kappa shape index (κ1) is 36.9. The fourth-order valence-electron chi connectivity index (χ4n) is 9.51. The first-order valence-corrected chi connectivity index (χ1v) is 20.2. The fraction of sp³-hybridized carbons (Fsp3) is 0.174. The van der Waals surface area contributed by atoms with Gasteiger partial charge in [-0.2, -0.15) is 0 Å². The number of furan rings is 1. The average Bonchev–Trinajstić information content (AvgIpc) is 4.16. The predicted octanol–water partition coefficient (Wildman–Crippen LogP) is 8.31. The van der Waals surface area contributed by atoms with Crippen molar-refractivity contribution in [1.29, 1.82) is 0 Å². The number of aromatic nitrogens is 6. The number of H-pyrrole nitrogens is 4. The number of nitrogens with one attached hydrogen (secondary N) is 4. The molecule has 7 heterocycles. The van der Waals surface area contributed by atoms with Gasteiger partial charge in [-0.25, -0.2) is 14.8 Å². The van der Waals surface area contributed by atoms with Crippen LogP contribution in [0.5, 0.6) is 0 Å². The summed E-state index contributed by atoms with van der Waals surface area (Å²) in [6.45, 7) is 0. The molecule has 5 aromatic heterocycles. The first-order valence-electron chi connectivity index (χ1n) is 20.2. The minimum atomic E-state index is -1.29. The number of carbonyl (C=O) groups is 4. The third-order valence-electron chi connectivity index (χ3n) is 12.4. The van der Waals surface area contributed by atoms with Crippen molar-refractivity contribution in [2.45, 2.75) is 44.2 Å². The SMILES string of the molecule is O=C(O)c1ccc(C2C(c3c[nH]c4c(-c5ccc(C6C(C(=O)C7CCCCC7)=C(O)C(=O)N6c6ccc7nc[nH]c7c6)[nH]5)cccc34)=C(O)C(=O)N2c2ccc3nc[nH]c3c2)o1. The van der Waals surface area contributed by atoms with Gasteiger partial charge in [-0.15, -0.1) is 0 Å². The molecule has 0 saturated heterocycles. The number of aliphatic hydroxyl groups excluding tert-OH is 2. The van der Waals surface area contributed by atoms with Crippen LogP contribution in [0, 0.1) is 5.92 Å². The summed E-state index contributed by atoms with van der Waals surface area (Å²) in [4.78, 5) is 78.7. The summed E-state index contributed by atoms with van der Waals surface area (Å²) < 4.78 is 5.82. The van der Waals surface area contributed by atoms with Crippen LogP contribution in [0.15, 0.2) is 119 Å². The zero-order valence-corrected chi connectivity index (χ0v) is 32.7. The molecule has 3 aliphatic rings. The van der Waals surface area contributed by atoms with E-state index in [0.717, 1.165) is 19.3 Å². The van der Waals surface area contributed by atoms with Gasteiger partial charge >= 0.3 is 5.97 Å². The molecule has 1 saturated carbocycles. The van der Waals surface area contributed by atoms with Crippen LogP contribution >= 0.6 is 0 Å². The van der Waals surface area contributed by atoms with Gasteiger partial charge in [0.2, 0.25) is 5.76 Å². The number of hydrogen-bond donors (Lipinski definition) is 7. The van der Waals surface area contributed by atoms with Crippen LogP contribution in [0.25, 0.3) is 49.8 Å². The number of carboxylic acid groups (broad SMARTS) is 1. The number of nitrogens with zero attached hydrogens (tertiary/aromatic N) is 4. The molecular weight excluding hydrogens is 793 g/mol. The molecule has 62 heavy (non-hydrogen) atoms. The molecule has 308 valence electrons. The summed E-state index contributed by atoms with van der Waals surface area (Å²) in [7, 11) is 0. The Hall–Kier alpha value is -8.14. The van der Waals surface area contributed by atoms with Crippen molar-refractivity contribution in [1.82, 2.24) is 29.9 Å². The van der Waals surface area contributed by atoms with E-state index in [0.29, 0.717) is 79.7 Å². The second-order valence-electron chi connectivity index (χ2n) is 15.9. The Bertz CT molecular complexity index is 3240. The van der Waals surface area contributed by atoms with E-state index in [-0.39, 0.29) is 34.4 Å². The molecule has 2 amide bonds. The summed E-state index contributed by atoms with van der Waals surface area (Å²) in [6.07, 6.45) is 8.95. The third-order valence-corrected chi connectivity index (χ3v) is 12.4. The van der Waals surface area contributed by atoms with Crippen molar-refractivity contribution >= 4 is 73.5 Å². The van der Waals surface area contributed by atoms with Crippen LogP contribution in [0.1, 0.15) is 71.8 Å². The highest BCUT2D eigenvalue weighted by Gasteiger charge is 2.47. The summed E-state index contributed by atoms with van der Waals surface area (Å²) in [5.74, 6) is -4.55. The highest BCUT2D eigenvalue weighted by molar-refractivity contribution is 6.19. The molecule has 3 aromatic carbocycles. The lowest BCUT2D eigenvalue weighted by molar-refractivity contribution is -0.121. The average molecular weight is 829 g/mol. The lowest BCUT2D eigenvalue weighted by Gasteiger charge is -2.28. The Labute approximate surface area is 350 Å². The van der Waals surface area contributed by atoms with Gasteiger partial charge in [0.1, 0.15) is 17.8 Å². The summed E-state index contributed by atoms with van der Waals surface area (Å²) in [5, 5.41) is 33.6. The number of aromatic amines is 4. The Balaban J connectivity index is 1.01. The molecule has 2 atom stereocenters. The lowest BCUT2D eigenvalue weighted by Crippen LogP contribution is -2.32. The second-order valence-corrected chi connectivity index (χ2v) is 15.9. The van der Waals surface area contributed by atoms with Gasteiger partial charge in [-0.1, -0.05) is 37.5 Å². The van der Waals surface area contributed by atoms with E-state index in [2.05, 4.69) is 29.9 Å². The van der Waals surface area contributed by atoms with Crippen molar-refractivity contribution in [3.63, 3.8) is 0 Å². The number of imidazole rings is 2. The van der Waals surface area contributed by atoms with Gasteiger partial charge in [-0.05, 0) is 73.5 Å². The largest absolute Gasteiger partial charge is 0.503 e. The highest BCUT2D eigenvalue weighted by atomic mass is 16.4. The topological polar surface area (TPSA) is 238 Å². The minimum Gasteiger partial charge on any atom is -0.503 e. The summed E-state index contributed by atoms with van der Waals surface area (Å²) in [5.41, 5.74) is 6.75. The minimum absolute atomic E-state index is 0.0555. The summed E-state index contributed by atoms with van der Waals surface area (Å²) >= 11 is 0. The number of carboxylic acids is 1. The van der Waals surface area contributed by atoms with E-state index in [1.54, 1.807) is 55.0 Å². The number of rotatable bonds is 9. The number of Topliss-reactive ketones (excluding diaryl/α,β-unsaturated/α-hetero) is 1. The van der Waals surface area contributed by atoms with Crippen molar-refractivity contribution in [2.75, 3.05) is 9.80 Å². The smallest absolute Gasteiger partial charge is 0.371 e. The molecule has 0 spiro atoms. The zero-order chi connectivity index (χ0) is 42.4. The van der Waals surface area contributed by atoms with Crippen LogP contribution in [0.4, 0.5) is 11.4 Å². The molecule has 11 rings (SSSR count). The van der Waals surface area contributed by atoms with Crippen LogP contribution in [-0.4, -0.2) is 68.8 Å². The van der Waals surface area contributed by atoms with E-state index in [1.807, 2.05) is 24.3 Å². The molecule has 16 nitrogen and oxygen atoms in total. The van der Waals surface area contributed by atoms with Crippen molar-refractivity contribution in [2.24, 2.45) is 5.92 Å². The van der Waals surface area contributed by atoms with E-state index < -0.39 is 41.4 Å².